The van der Waals surface area contributed by atoms with Crippen molar-refractivity contribution in [3.8, 4) is 68.1 Å². The van der Waals surface area contributed by atoms with Gasteiger partial charge in [0.05, 0.1) is 33.5 Å². The van der Waals surface area contributed by atoms with E-state index >= 15 is 0 Å². The highest BCUT2D eigenvalue weighted by Crippen LogP contribution is 2.43. The van der Waals surface area contributed by atoms with Crippen molar-refractivity contribution in [3.05, 3.63) is 213 Å². The summed E-state index contributed by atoms with van der Waals surface area (Å²) in [6.07, 6.45) is 3.69. The Morgan fingerprint density at radius 1 is 0.323 bits per heavy atom. The van der Waals surface area contributed by atoms with Crippen LogP contribution in [0.25, 0.3) is 112 Å². The standard InChI is InChI=1S/C55H35N7/c1-4-16-36(17-5-1)41-22-10-11-23-44(41)54-58-53(37-18-6-2-7-19-37)59-55(60-54)62-50-31-27-39(48-25-13-15-33-57-48)35-46(50)43-29-28-42-45-34-38(47-24-12-14-32-56-47)26-30-49(45)61(51(42)52(43)62)40-20-8-3-9-21-40/h1-35H. The topological polar surface area (TPSA) is 74.3 Å². The highest BCUT2D eigenvalue weighted by molar-refractivity contribution is 6.24. The molecule has 0 spiro atoms. The quantitative estimate of drug-likeness (QED) is 0.161. The third-order valence-electron chi connectivity index (χ3n) is 11.7. The fraction of sp³-hybridized carbons (Fsp3) is 0. The smallest absolute Gasteiger partial charge is 0.238 e. The zero-order valence-corrected chi connectivity index (χ0v) is 33.3. The Balaban J connectivity index is 1.23. The van der Waals surface area contributed by atoms with Crippen LogP contribution < -0.4 is 0 Å². The molecule has 7 nitrogen and oxygen atoms in total. The summed E-state index contributed by atoms with van der Waals surface area (Å²) in [6, 6.07) is 69.4. The third kappa shape index (κ3) is 5.86. The Morgan fingerprint density at radius 2 is 0.823 bits per heavy atom. The van der Waals surface area contributed by atoms with Crippen molar-refractivity contribution in [1.29, 1.82) is 0 Å². The van der Waals surface area contributed by atoms with Crippen molar-refractivity contribution < 1.29 is 0 Å². The largest absolute Gasteiger partial charge is 0.307 e. The summed E-state index contributed by atoms with van der Waals surface area (Å²) in [7, 11) is 0. The van der Waals surface area contributed by atoms with E-state index in [0.717, 1.165) is 94.1 Å². The predicted molar refractivity (Wildman–Crippen MR) is 251 cm³/mol. The van der Waals surface area contributed by atoms with Gasteiger partial charge in [0.15, 0.2) is 11.6 Å². The van der Waals surface area contributed by atoms with Crippen LogP contribution in [0.1, 0.15) is 0 Å². The van der Waals surface area contributed by atoms with Crippen LogP contribution in [0.2, 0.25) is 0 Å². The summed E-state index contributed by atoms with van der Waals surface area (Å²) >= 11 is 0. The highest BCUT2D eigenvalue weighted by Gasteiger charge is 2.25. The Morgan fingerprint density at radius 3 is 1.42 bits per heavy atom. The lowest BCUT2D eigenvalue weighted by Crippen LogP contribution is -2.07. The lowest BCUT2D eigenvalue weighted by atomic mass is 9.99. The molecule has 0 amide bonds. The Bertz CT molecular complexity index is 3600. The normalized spacial score (nSPS) is 11.5. The summed E-state index contributed by atoms with van der Waals surface area (Å²) in [4.78, 5) is 25.5. The average Bonchev–Trinajstić information content (AvgIpc) is 3.87. The first-order chi connectivity index (χ1) is 30.8. The molecular formula is C55H35N7. The van der Waals surface area contributed by atoms with Gasteiger partial charge in [-0.15, -0.1) is 0 Å². The molecule has 0 saturated carbocycles. The Labute approximate surface area is 356 Å². The molecule has 12 rings (SSSR count). The Hall–Kier alpha value is -8.55. The van der Waals surface area contributed by atoms with E-state index in [2.05, 4.69) is 155 Å². The van der Waals surface area contributed by atoms with Crippen LogP contribution in [0, 0.1) is 0 Å². The summed E-state index contributed by atoms with van der Waals surface area (Å²) in [5.74, 6) is 1.70. The minimum atomic E-state index is 0.522. The van der Waals surface area contributed by atoms with Gasteiger partial charge in [0.1, 0.15) is 0 Å². The summed E-state index contributed by atoms with van der Waals surface area (Å²) in [6.45, 7) is 0. The van der Waals surface area contributed by atoms with Crippen LogP contribution in [0.15, 0.2) is 213 Å². The maximum atomic E-state index is 5.47. The minimum absolute atomic E-state index is 0.522. The van der Waals surface area contributed by atoms with Crippen molar-refractivity contribution in [2.45, 2.75) is 0 Å². The van der Waals surface area contributed by atoms with Crippen molar-refractivity contribution in [1.82, 2.24) is 34.1 Å². The van der Waals surface area contributed by atoms with Gasteiger partial charge in [-0.05, 0) is 71.8 Å². The van der Waals surface area contributed by atoms with Crippen molar-refractivity contribution >= 4 is 43.6 Å². The first-order valence-corrected chi connectivity index (χ1v) is 20.7. The lowest BCUT2D eigenvalue weighted by molar-refractivity contribution is 0.953. The number of hydrogen-bond acceptors (Lipinski definition) is 5. The fourth-order valence-corrected chi connectivity index (χ4v) is 8.89. The predicted octanol–water partition coefficient (Wildman–Crippen LogP) is 13.2. The van der Waals surface area contributed by atoms with E-state index in [4.69, 9.17) is 24.9 Å². The molecule has 0 saturated heterocycles. The first-order valence-electron chi connectivity index (χ1n) is 20.7. The van der Waals surface area contributed by atoms with Crippen LogP contribution in [0.5, 0.6) is 0 Å². The van der Waals surface area contributed by atoms with E-state index < -0.39 is 0 Å². The van der Waals surface area contributed by atoms with Gasteiger partial charge in [-0.25, -0.2) is 4.98 Å². The maximum absolute atomic E-state index is 5.47. The van der Waals surface area contributed by atoms with Crippen LogP contribution in [-0.2, 0) is 0 Å². The molecule has 0 aliphatic rings. The highest BCUT2D eigenvalue weighted by atomic mass is 15.2. The molecule has 0 aliphatic carbocycles. The second-order valence-corrected chi connectivity index (χ2v) is 15.3. The van der Waals surface area contributed by atoms with Gasteiger partial charge in [-0.2, -0.15) is 9.97 Å². The molecule has 0 bridgehead atoms. The summed E-state index contributed by atoms with van der Waals surface area (Å²) in [5.41, 5.74) is 13.0. The molecular weight excluding hydrogens is 759 g/mol. The van der Waals surface area contributed by atoms with Gasteiger partial charge in [-0.3, -0.25) is 14.5 Å². The molecule has 0 unspecified atom stereocenters. The zero-order chi connectivity index (χ0) is 41.0. The van der Waals surface area contributed by atoms with Crippen LogP contribution in [-0.4, -0.2) is 34.1 Å². The Kier molecular flexibility index (Phi) is 8.35. The van der Waals surface area contributed by atoms with Crippen LogP contribution in [0.3, 0.4) is 0 Å². The SMILES string of the molecule is c1ccc(-c2nc(-c3ccccc3-c3ccccc3)nc(-n3c4ccc(-c5ccccn5)cc4c4ccc5c6cc(-c7ccccn7)ccc6n(-c6ccccc6)c5c43)n2)cc1. The van der Waals surface area contributed by atoms with Crippen molar-refractivity contribution in [2.75, 3.05) is 0 Å². The van der Waals surface area contributed by atoms with E-state index in [1.165, 1.54) is 0 Å². The second-order valence-electron chi connectivity index (χ2n) is 15.3. The van der Waals surface area contributed by atoms with E-state index in [9.17, 15) is 0 Å². The molecule has 0 aliphatic heterocycles. The van der Waals surface area contributed by atoms with Crippen LogP contribution in [0.4, 0.5) is 0 Å². The van der Waals surface area contributed by atoms with E-state index in [1.54, 1.807) is 0 Å². The molecule has 0 fully saturated rings. The molecule has 290 valence electrons. The number of aromatic nitrogens is 7. The van der Waals surface area contributed by atoms with Gasteiger partial charge in [-0.1, -0.05) is 140 Å². The third-order valence-corrected chi connectivity index (χ3v) is 11.7. The number of fused-ring (bicyclic) bond motifs is 7. The first kappa shape index (κ1) is 35.4. The minimum Gasteiger partial charge on any atom is -0.307 e. The van der Waals surface area contributed by atoms with Gasteiger partial charge in [0, 0.05) is 61.9 Å². The molecule has 5 aromatic heterocycles. The van der Waals surface area contributed by atoms with Gasteiger partial charge < -0.3 is 4.57 Å². The molecule has 0 radical (unpaired) electrons. The van der Waals surface area contributed by atoms with Crippen molar-refractivity contribution in [2.24, 2.45) is 0 Å². The number of para-hydroxylation sites is 1. The molecule has 7 heteroatoms. The number of rotatable bonds is 7. The molecule has 0 N–H and O–H groups in total. The number of nitrogens with zero attached hydrogens (tertiary/aromatic N) is 7. The van der Waals surface area contributed by atoms with Crippen molar-refractivity contribution in [3.63, 3.8) is 0 Å². The molecule has 7 aromatic carbocycles. The zero-order valence-electron chi connectivity index (χ0n) is 33.3. The van der Waals surface area contributed by atoms with Crippen LogP contribution >= 0.6 is 0 Å². The summed E-state index contributed by atoms with van der Waals surface area (Å²) < 4.78 is 4.63. The van der Waals surface area contributed by atoms with Gasteiger partial charge >= 0.3 is 0 Å². The average molecular weight is 794 g/mol. The molecule has 0 atom stereocenters. The number of hydrogen-bond donors (Lipinski definition) is 0. The monoisotopic (exact) mass is 793 g/mol. The van der Waals surface area contributed by atoms with Gasteiger partial charge in [0.2, 0.25) is 5.95 Å². The summed E-state index contributed by atoms with van der Waals surface area (Å²) in [5, 5.41) is 4.37. The number of pyridine rings is 2. The van der Waals surface area contributed by atoms with E-state index in [-0.39, 0.29) is 0 Å². The fourth-order valence-electron chi connectivity index (χ4n) is 8.89. The second kappa shape index (κ2) is 14.6. The maximum Gasteiger partial charge on any atom is 0.238 e. The van der Waals surface area contributed by atoms with E-state index in [1.807, 2.05) is 67.0 Å². The lowest BCUT2D eigenvalue weighted by Gasteiger charge is -2.14. The molecule has 12 aromatic rings. The molecule has 62 heavy (non-hydrogen) atoms. The molecule has 5 heterocycles. The van der Waals surface area contributed by atoms with Gasteiger partial charge in [0.25, 0.3) is 0 Å². The number of benzene rings is 7. The van der Waals surface area contributed by atoms with E-state index in [0.29, 0.717) is 17.6 Å².